The quantitative estimate of drug-likeness (QED) is 0.688. The summed E-state index contributed by atoms with van der Waals surface area (Å²) in [6, 6.07) is 0.0719. The molecular weight excluding hydrogens is 166 g/mol. The summed E-state index contributed by atoms with van der Waals surface area (Å²) in [5, 5.41) is 0. The first-order chi connectivity index (χ1) is 6.25. The third-order valence-corrected chi connectivity index (χ3v) is 2.10. The molecule has 0 radical (unpaired) electrons. The van der Waals surface area contributed by atoms with Gasteiger partial charge in [-0.15, -0.1) is 0 Å². The molecule has 0 spiro atoms. The van der Waals surface area contributed by atoms with Gasteiger partial charge < -0.3 is 15.0 Å². The van der Waals surface area contributed by atoms with Crippen molar-refractivity contribution >= 4 is 0 Å². The number of nitrogens with zero attached hydrogens (tertiary/aromatic N) is 2. The lowest BCUT2D eigenvalue weighted by molar-refractivity contribution is 0.190. The van der Waals surface area contributed by atoms with E-state index in [1.165, 1.54) is 0 Å². The number of aryl methyl sites for hydroxylation is 1. The fourth-order valence-corrected chi connectivity index (χ4v) is 1.32. The average molecular weight is 183 g/mol. The third-order valence-electron chi connectivity index (χ3n) is 2.10. The fourth-order valence-electron chi connectivity index (χ4n) is 1.32. The van der Waals surface area contributed by atoms with Gasteiger partial charge in [-0.2, -0.15) is 0 Å². The van der Waals surface area contributed by atoms with Gasteiger partial charge in [-0.05, 0) is 12.8 Å². The number of ether oxygens (including phenoxy) is 1. The van der Waals surface area contributed by atoms with Gasteiger partial charge in [-0.3, -0.25) is 0 Å². The van der Waals surface area contributed by atoms with Crippen molar-refractivity contribution in [2.45, 2.75) is 18.9 Å². The molecular formula is C9H17N3O. The van der Waals surface area contributed by atoms with Crippen LogP contribution in [0.5, 0.6) is 0 Å². The number of hydrogen-bond acceptors (Lipinski definition) is 3. The van der Waals surface area contributed by atoms with E-state index >= 15 is 0 Å². The van der Waals surface area contributed by atoms with Crippen LogP contribution in [0, 0.1) is 0 Å². The summed E-state index contributed by atoms with van der Waals surface area (Å²) in [5.74, 6) is 0. The van der Waals surface area contributed by atoms with Gasteiger partial charge in [0, 0.05) is 33.0 Å². The molecule has 2 N–H and O–H groups in total. The van der Waals surface area contributed by atoms with E-state index in [0.717, 1.165) is 25.1 Å². The van der Waals surface area contributed by atoms with Crippen molar-refractivity contribution in [3.63, 3.8) is 0 Å². The van der Waals surface area contributed by atoms with E-state index in [1.54, 1.807) is 13.4 Å². The van der Waals surface area contributed by atoms with Crippen LogP contribution in [0.1, 0.15) is 24.6 Å². The molecule has 0 saturated carbocycles. The highest BCUT2D eigenvalue weighted by atomic mass is 16.5. The van der Waals surface area contributed by atoms with Crippen LogP contribution in [0.3, 0.4) is 0 Å². The zero-order chi connectivity index (χ0) is 9.68. The molecule has 0 aliphatic rings. The summed E-state index contributed by atoms with van der Waals surface area (Å²) in [4.78, 5) is 4.02. The van der Waals surface area contributed by atoms with E-state index in [-0.39, 0.29) is 6.04 Å². The SMILES string of the molecule is COCCCC(N)c1cncn1C. The molecule has 1 aromatic heterocycles. The maximum absolute atomic E-state index is 5.96. The van der Waals surface area contributed by atoms with Crippen LogP contribution in [-0.4, -0.2) is 23.3 Å². The lowest BCUT2D eigenvalue weighted by Crippen LogP contribution is -2.14. The van der Waals surface area contributed by atoms with E-state index in [0.29, 0.717) is 0 Å². The van der Waals surface area contributed by atoms with Crippen LogP contribution >= 0.6 is 0 Å². The Bertz CT molecular complexity index is 247. The fraction of sp³-hybridized carbons (Fsp3) is 0.667. The standard InChI is InChI=1S/C9H17N3O/c1-12-7-11-6-9(12)8(10)4-3-5-13-2/h6-8H,3-5,10H2,1-2H3. The van der Waals surface area contributed by atoms with Gasteiger partial charge in [0.1, 0.15) is 0 Å². The summed E-state index contributed by atoms with van der Waals surface area (Å²) in [5.41, 5.74) is 7.04. The maximum atomic E-state index is 5.96. The van der Waals surface area contributed by atoms with Gasteiger partial charge in [0.2, 0.25) is 0 Å². The van der Waals surface area contributed by atoms with Crippen LogP contribution in [-0.2, 0) is 11.8 Å². The van der Waals surface area contributed by atoms with Crippen molar-refractivity contribution in [3.8, 4) is 0 Å². The molecule has 13 heavy (non-hydrogen) atoms. The van der Waals surface area contributed by atoms with Crippen LogP contribution in [0.2, 0.25) is 0 Å². The number of nitrogens with two attached hydrogens (primary N) is 1. The number of aromatic nitrogens is 2. The molecule has 0 amide bonds. The molecule has 0 bridgehead atoms. The lowest BCUT2D eigenvalue weighted by Gasteiger charge is -2.11. The summed E-state index contributed by atoms with van der Waals surface area (Å²) in [6.45, 7) is 0.769. The second kappa shape index (κ2) is 4.99. The number of rotatable bonds is 5. The molecule has 1 unspecified atom stereocenters. The summed E-state index contributed by atoms with van der Waals surface area (Å²) < 4.78 is 6.92. The first-order valence-corrected chi connectivity index (χ1v) is 4.46. The third kappa shape index (κ3) is 2.82. The van der Waals surface area contributed by atoms with E-state index < -0.39 is 0 Å². The van der Waals surface area contributed by atoms with Crippen LogP contribution in [0.4, 0.5) is 0 Å². The molecule has 0 aliphatic carbocycles. The minimum absolute atomic E-state index is 0.0719. The molecule has 0 aromatic carbocycles. The van der Waals surface area contributed by atoms with Gasteiger partial charge in [0.05, 0.1) is 12.0 Å². The first-order valence-electron chi connectivity index (χ1n) is 4.46. The zero-order valence-electron chi connectivity index (χ0n) is 8.23. The number of methoxy groups -OCH3 is 1. The van der Waals surface area contributed by atoms with E-state index in [4.69, 9.17) is 10.5 Å². The number of hydrogen-bond donors (Lipinski definition) is 1. The van der Waals surface area contributed by atoms with Crippen molar-refractivity contribution in [2.75, 3.05) is 13.7 Å². The minimum Gasteiger partial charge on any atom is -0.385 e. The molecule has 1 heterocycles. The molecule has 4 heteroatoms. The van der Waals surface area contributed by atoms with Crippen LogP contribution in [0.15, 0.2) is 12.5 Å². The summed E-state index contributed by atoms with van der Waals surface area (Å²) in [7, 11) is 3.66. The molecule has 0 aliphatic heterocycles. The Hall–Kier alpha value is -0.870. The van der Waals surface area contributed by atoms with Crippen molar-refractivity contribution in [2.24, 2.45) is 12.8 Å². The Morgan fingerprint density at radius 1 is 1.69 bits per heavy atom. The predicted octanol–water partition coefficient (Wildman–Crippen LogP) is 0.847. The Balaban J connectivity index is 2.39. The first kappa shape index (κ1) is 10.2. The zero-order valence-corrected chi connectivity index (χ0v) is 8.23. The Morgan fingerprint density at radius 3 is 3.00 bits per heavy atom. The smallest absolute Gasteiger partial charge is 0.0946 e. The topological polar surface area (TPSA) is 53.1 Å². The second-order valence-corrected chi connectivity index (χ2v) is 3.17. The Labute approximate surface area is 78.7 Å². The largest absolute Gasteiger partial charge is 0.385 e. The molecule has 4 nitrogen and oxygen atoms in total. The highest BCUT2D eigenvalue weighted by molar-refractivity contribution is 5.03. The predicted molar refractivity (Wildman–Crippen MR) is 51.2 cm³/mol. The van der Waals surface area contributed by atoms with Crippen molar-refractivity contribution in [1.82, 2.24) is 9.55 Å². The molecule has 1 aromatic rings. The normalized spacial score (nSPS) is 13.2. The lowest BCUT2D eigenvalue weighted by atomic mass is 10.1. The molecule has 0 saturated heterocycles. The summed E-state index contributed by atoms with van der Waals surface area (Å²) >= 11 is 0. The minimum atomic E-state index is 0.0719. The van der Waals surface area contributed by atoms with Gasteiger partial charge in [0.25, 0.3) is 0 Å². The second-order valence-electron chi connectivity index (χ2n) is 3.17. The Morgan fingerprint density at radius 2 is 2.46 bits per heavy atom. The number of imidazole rings is 1. The molecule has 1 atom stereocenters. The highest BCUT2D eigenvalue weighted by Gasteiger charge is 2.08. The van der Waals surface area contributed by atoms with Gasteiger partial charge >= 0.3 is 0 Å². The maximum Gasteiger partial charge on any atom is 0.0946 e. The average Bonchev–Trinajstić information content (AvgIpc) is 2.52. The van der Waals surface area contributed by atoms with E-state index in [1.807, 2.05) is 17.8 Å². The van der Waals surface area contributed by atoms with Crippen LogP contribution in [0.25, 0.3) is 0 Å². The summed E-state index contributed by atoms with van der Waals surface area (Å²) in [6.07, 6.45) is 5.51. The van der Waals surface area contributed by atoms with Gasteiger partial charge in [-0.25, -0.2) is 4.98 Å². The van der Waals surface area contributed by atoms with Crippen molar-refractivity contribution in [3.05, 3.63) is 18.2 Å². The molecule has 1 rings (SSSR count). The highest BCUT2D eigenvalue weighted by Crippen LogP contribution is 2.13. The van der Waals surface area contributed by atoms with Gasteiger partial charge in [-0.1, -0.05) is 0 Å². The monoisotopic (exact) mass is 183 g/mol. The Kier molecular flexibility index (Phi) is 3.92. The van der Waals surface area contributed by atoms with Crippen LogP contribution < -0.4 is 5.73 Å². The molecule has 0 fully saturated rings. The van der Waals surface area contributed by atoms with E-state index in [2.05, 4.69) is 4.98 Å². The van der Waals surface area contributed by atoms with Crippen molar-refractivity contribution < 1.29 is 4.74 Å². The van der Waals surface area contributed by atoms with Gasteiger partial charge in [0.15, 0.2) is 0 Å². The van der Waals surface area contributed by atoms with Crippen molar-refractivity contribution in [1.29, 1.82) is 0 Å². The molecule has 74 valence electrons. The van der Waals surface area contributed by atoms with E-state index in [9.17, 15) is 0 Å².